The molecule has 1 N–H and O–H groups in total. The van der Waals surface area contributed by atoms with E-state index in [0.717, 1.165) is 4.47 Å². The number of carbonyl (C=O) groups excluding carboxylic acids is 1. The van der Waals surface area contributed by atoms with Crippen molar-refractivity contribution in [1.82, 2.24) is 9.88 Å². The van der Waals surface area contributed by atoms with Gasteiger partial charge in [-0.1, -0.05) is 5.92 Å². The summed E-state index contributed by atoms with van der Waals surface area (Å²) in [5, 5.41) is 0. The first-order valence-electron chi connectivity index (χ1n) is 4.25. The molecule has 74 valence electrons. The number of hydrogen-bond donors (Lipinski definition) is 1. The summed E-state index contributed by atoms with van der Waals surface area (Å²) in [5.41, 5.74) is 0.550. The highest BCUT2D eigenvalue weighted by Gasteiger charge is 2.14. The van der Waals surface area contributed by atoms with Gasteiger partial charge in [0.25, 0.3) is 5.91 Å². The molecule has 1 heterocycles. The Morgan fingerprint density at radius 1 is 1.79 bits per heavy atom. The van der Waals surface area contributed by atoms with Crippen molar-refractivity contribution in [2.24, 2.45) is 0 Å². The maximum absolute atomic E-state index is 11.8. The van der Waals surface area contributed by atoms with E-state index in [4.69, 9.17) is 6.42 Å². The van der Waals surface area contributed by atoms with Crippen LogP contribution in [0.4, 0.5) is 0 Å². The summed E-state index contributed by atoms with van der Waals surface area (Å²) in [6, 6.07) is 1.74. The SMILES string of the molecule is C#CCN(CC)C(=O)c1cc(Br)c[nH]1. The van der Waals surface area contributed by atoms with Crippen LogP contribution >= 0.6 is 15.9 Å². The Labute approximate surface area is 91.6 Å². The predicted molar refractivity (Wildman–Crippen MR) is 58.9 cm³/mol. The summed E-state index contributed by atoms with van der Waals surface area (Å²) in [7, 11) is 0. The molecule has 0 radical (unpaired) electrons. The van der Waals surface area contributed by atoms with Crippen LogP contribution in [-0.2, 0) is 0 Å². The Balaban J connectivity index is 2.78. The summed E-state index contributed by atoms with van der Waals surface area (Å²) < 4.78 is 0.859. The van der Waals surface area contributed by atoms with Gasteiger partial charge in [0.2, 0.25) is 0 Å². The van der Waals surface area contributed by atoms with E-state index in [1.807, 2.05) is 6.92 Å². The lowest BCUT2D eigenvalue weighted by Crippen LogP contribution is -2.31. The normalized spacial score (nSPS) is 9.50. The molecule has 1 aromatic heterocycles. The molecule has 14 heavy (non-hydrogen) atoms. The third kappa shape index (κ3) is 2.39. The number of nitrogens with one attached hydrogen (secondary N) is 1. The van der Waals surface area contributed by atoms with Crippen molar-refractivity contribution >= 4 is 21.8 Å². The van der Waals surface area contributed by atoms with Gasteiger partial charge in [0.1, 0.15) is 5.69 Å². The summed E-state index contributed by atoms with van der Waals surface area (Å²) >= 11 is 3.27. The second-order valence-electron chi connectivity index (χ2n) is 2.76. The van der Waals surface area contributed by atoms with Crippen molar-refractivity contribution in [2.75, 3.05) is 13.1 Å². The molecular weight excluding hydrogens is 244 g/mol. The fourth-order valence-electron chi connectivity index (χ4n) is 1.10. The predicted octanol–water partition coefficient (Wildman–Crippen LogP) is 1.87. The van der Waals surface area contributed by atoms with Gasteiger partial charge in [0, 0.05) is 17.2 Å². The number of aromatic nitrogens is 1. The minimum Gasteiger partial charge on any atom is -0.356 e. The van der Waals surface area contributed by atoms with E-state index in [1.54, 1.807) is 17.2 Å². The molecule has 0 spiro atoms. The first-order chi connectivity index (χ1) is 6.69. The highest BCUT2D eigenvalue weighted by atomic mass is 79.9. The fourth-order valence-corrected chi connectivity index (χ4v) is 1.44. The maximum Gasteiger partial charge on any atom is 0.271 e. The Morgan fingerprint density at radius 2 is 2.50 bits per heavy atom. The van der Waals surface area contributed by atoms with Crippen LogP contribution in [0.3, 0.4) is 0 Å². The number of amides is 1. The number of carbonyl (C=O) groups is 1. The summed E-state index contributed by atoms with van der Waals surface area (Å²) in [6.07, 6.45) is 6.88. The molecule has 0 aliphatic rings. The fraction of sp³-hybridized carbons (Fsp3) is 0.300. The van der Waals surface area contributed by atoms with Crippen LogP contribution in [0.15, 0.2) is 16.7 Å². The molecule has 4 heteroatoms. The third-order valence-corrected chi connectivity index (χ3v) is 2.29. The molecule has 1 aromatic rings. The van der Waals surface area contributed by atoms with Gasteiger partial charge >= 0.3 is 0 Å². The summed E-state index contributed by atoms with van der Waals surface area (Å²) in [5.74, 6) is 2.38. The lowest BCUT2D eigenvalue weighted by molar-refractivity contribution is 0.0780. The quantitative estimate of drug-likeness (QED) is 0.822. The first kappa shape index (κ1) is 10.9. The minimum atomic E-state index is -0.0730. The Hall–Kier alpha value is -1.21. The molecular formula is C10H11BrN2O. The van der Waals surface area contributed by atoms with E-state index >= 15 is 0 Å². The topological polar surface area (TPSA) is 36.1 Å². The van der Waals surface area contributed by atoms with Gasteiger partial charge in [0.15, 0.2) is 0 Å². The Morgan fingerprint density at radius 3 is 2.93 bits per heavy atom. The van der Waals surface area contributed by atoms with Crippen LogP contribution in [0.1, 0.15) is 17.4 Å². The summed E-state index contributed by atoms with van der Waals surface area (Å²) in [4.78, 5) is 16.2. The van der Waals surface area contributed by atoms with Crippen LogP contribution < -0.4 is 0 Å². The van der Waals surface area contributed by atoms with Gasteiger partial charge in [-0.25, -0.2) is 0 Å². The van der Waals surface area contributed by atoms with Gasteiger partial charge in [-0.3, -0.25) is 4.79 Å². The lowest BCUT2D eigenvalue weighted by Gasteiger charge is -2.16. The molecule has 0 bridgehead atoms. The van der Waals surface area contributed by atoms with E-state index in [2.05, 4.69) is 26.8 Å². The molecule has 0 unspecified atom stereocenters. The van der Waals surface area contributed by atoms with E-state index < -0.39 is 0 Å². The van der Waals surface area contributed by atoms with Gasteiger partial charge < -0.3 is 9.88 Å². The highest BCUT2D eigenvalue weighted by molar-refractivity contribution is 9.10. The number of terminal acetylenes is 1. The zero-order valence-corrected chi connectivity index (χ0v) is 9.47. The second kappa shape index (κ2) is 4.87. The molecule has 0 fully saturated rings. The number of aromatic amines is 1. The molecule has 0 atom stereocenters. The van der Waals surface area contributed by atoms with Gasteiger partial charge in [-0.05, 0) is 28.9 Å². The number of halogens is 1. The van der Waals surface area contributed by atoms with Crippen LogP contribution in [0.5, 0.6) is 0 Å². The smallest absolute Gasteiger partial charge is 0.271 e. The molecule has 0 saturated carbocycles. The van der Waals surface area contributed by atoms with E-state index in [0.29, 0.717) is 18.8 Å². The zero-order valence-electron chi connectivity index (χ0n) is 7.88. The molecule has 3 nitrogen and oxygen atoms in total. The van der Waals surface area contributed by atoms with Gasteiger partial charge in [-0.2, -0.15) is 0 Å². The number of nitrogens with zero attached hydrogens (tertiary/aromatic N) is 1. The summed E-state index contributed by atoms with van der Waals surface area (Å²) in [6.45, 7) is 2.85. The monoisotopic (exact) mass is 254 g/mol. The molecule has 0 saturated heterocycles. The van der Waals surface area contributed by atoms with Crippen molar-refractivity contribution < 1.29 is 4.79 Å². The maximum atomic E-state index is 11.8. The Bertz CT molecular complexity index is 364. The van der Waals surface area contributed by atoms with Gasteiger partial charge in [-0.15, -0.1) is 6.42 Å². The van der Waals surface area contributed by atoms with Crippen molar-refractivity contribution in [2.45, 2.75) is 6.92 Å². The van der Waals surface area contributed by atoms with E-state index in [-0.39, 0.29) is 5.91 Å². The Kier molecular flexibility index (Phi) is 3.78. The largest absolute Gasteiger partial charge is 0.356 e. The van der Waals surface area contributed by atoms with Gasteiger partial charge in [0.05, 0.1) is 6.54 Å². The van der Waals surface area contributed by atoms with Crippen LogP contribution in [-0.4, -0.2) is 28.9 Å². The molecule has 0 aromatic carbocycles. The molecule has 1 rings (SSSR count). The number of hydrogen-bond acceptors (Lipinski definition) is 1. The first-order valence-corrected chi connectivity index (χ1v) is 5.05. The van der Waals surface area contributed by atoms with Crippen molar-refractivity contribution in [3.63, 3.8) is 0 Å². The van der Waals surface area contributed by atoms with Crippen molar-refractivity contribution in [1.29, 1.82) is 0 Å². The van der Waals surface area contributed by atoms with Crippen molar-refractivity contribution in [3.8, 4) is 12.3 Å². The van der Waals surface area contributed by atoms with E-state index in [1.165, 1.54) is 0 Å². The van der Waals surface area contributed by atoms with Crippen LogP contribution in [0.25, 0.3) is 0 Å². The molecule has 1 amide bonds. The highest BCUT2D eigenvalue weighted by Crippen LogP contribution is 2.12. The third-order valence-electron chi connectivity index (χ3n) is 1.83. The van der Waals surface area contributed by atoms with Crippen LogP contribution in [0, 0.1) is 12.3 Å². The standard InChI is InChI=1S/C10H11BrN2O/c1-3-5-13(4-2)10(14)9-6-8(11)7-12-9/h1,6-7,12H,4-5H2,2H3. The average Bonchev–Trinajstić information content (AvgIpc) is 2.60. The second-order valence-corrected chi connectivity index (χ2v) is 3.67. The van der Waals surface area contributed by atoms with Crippen LogP contribution in [0.2, 0.25) is 0 Å². The number of rotatable bonds is 3. The van der Waals surface area contributed by atoms with Crippen molar-refractivity contribution in [3.05, 3.63) is 22.4 Å². The number of H-pyrrole nitrogens is 1. The zero-order chi connectivity index (χ0) is 10.6. The lowest BCUT2D eigenvalue weighted by atomic mass is 10.3. The minimum absolute atomic E-state index is 0.0730. The average molecular weight is 255 g/mol. The van der Waals surface area contributed by atoms with E-state index in [9.17, 15) is 4.79 Å². The molecule has 0 aliphatic carbocycles. The molecule has 0 aliphatic heterocycles.